The summed E-state index contributed by atoms with van der Waals surface area (Å²) in [5.74, 6) is 2.78. The van der Waals surface area contributed by atoms with Crippen LogP contribution in [0.25, 0.3) is 10.2 Å². The van der Waals surface area contributed by atoms with Crippen molar-refractivity contribution in [2.75, 3.05) is 24.5 Å². The van der Waals surface area contributed by atoms with Crippen LogP contribution in [-0.2, 0) is 4.79 Å². The molecule has 5 nitrogen and oxygen atoms in total. The summed E-state index contributed by atoms with van der Waals surface area (Å²) in [7, 11) is 0. The first-order chi connectivity index (χ1) is 11.8. The maximum atomic E-state index is 13.2. The highest BCUT2D eigenvalue weighted by molar-refractivity contribution is 7.16. The molecule has 1 amide bonds. The van der Waals surface area contributed by atoms with Gasteiger partial charge in [-0.3, -0.25) is 4.79 Å². The van der Waals surface area contributed by atoms with E-state index in [2.05, 4.69) is 31.2 Å². The van der Waals surface area contributed by atoms with Gasteiger partial charge in [-0.05, 0) is 49.0 Å². The summed E-state index contributed by atoms with van der Waals surface area (Å²) in [5.41, 5.74) is 0. The van der Waals surface area contributed by atoms with Crippen LogP contribution in [0.4, 0.5) is 5.82 Å². The molecule has 24 heavy (non-hydrogen) atoms. The van der Waals surface area contributed by atoms with E-state index < -0.39 is 0 Å². The standard InChI is InChI=1S/C18H22N4OS/c23-18(21-9-12-3-1-4-13(12)10-21)15-5-2-7-22(15)16-14-6-8-24-17(14)20-11-19-16/h6,8,11-13,15H,1-5,7,9-10H2. The monoisotopic (exact) mass is 342 g/mol. The number of fused-ring (bicyclic) bond motifs is 2. The van der Waals surface area contributed by atoms with Crippen molar-refractivity contribution >= 4 is 33.3 Å². The molecule has 3 unspecified atom stereocenters. The Morgan fingerprint density at radius 1 is 1.12 bits per heavy atom. The summed E-state index contributed by atoms with van der Waals surface area (Å²) in [5, 5.41) is 3.14. The molecule has 2 aliphatic heterocycles. The van der Waals surface area contributed by atoms with Gasteiger partial charge in [0.2, 0.25) is 5.91 Å². The minimum absolute atomic E-state index is 0.0400. The van der Waals surface area contributed by atoms with Crippen molar-refractivity contribution in [2.45, 2.75) is 38.1 Å². The quantitative estimate of drug-likeness (QED) is 0.842. The summed E-state index contributed by atoms with van der Waals surface area (Å²) in [4.78, 5) is 27.4. The maximum absolute atomic E-state index is 13.2. The summed E-state index contributed by atoms with van der Waals surface area (Å²) in [6.07, 6.45) is 7.61. The molecular formula is C18H22N4OS. The van der Waals surface area contributed by atoms with Gasteiger partial charge in [0.25, 0.3) is 0 Å². The fraction of sp³-hybridized carbons (Fsp3) is 0.611. The van der Waals surface area contributed by atoms with Crippen molar-refractivity contribution in [1.82, 2.24) is 14.9 Å². The van der Waals surface area contributed by atoms with E-state index in [1.54, 1.807) is 17.7 Å². The van der Waals surface area contributed by atoms with E-state index >= 15 is 0 Å². The molecule has 3 atom stereocenters. The van der Waals surface area contributed by atoms with Crippen LogP contribution in [0.15, 0.2) is 17.8 Å². The Kier molecular flexibility index (Phi) is 3.47. The summed E-state index contributed by atoms with van der Waals surface area (Å²) < 4.78 is 0. The second kappa shape index (κ2) is 5.69. The number of rotatable bonds is 2. The lowest BCUT2D eigenvalue weighted by atomic mass is 10.0. The first-order valence-corrected chi connectivity index (χ1v) is 9.93. The number of carbonyl (C=O) groups excluding carboxylic acids is 1. The van der Waals surface area contributed by atoms with Crippen LogP contribution >= 0.6 is 11.3 Å². The lowest BCUT2D eigenvalue weighted by Gasteiger charge is -2.29. The third kappa shape index (κ3) is 2.23. The molecule has 3 fully saturated rings. The van der Waals surface area contributed by atoms with Gasteiger partial charge in [0.05, 0.1) is 5.39 Å². The number of nitrogens with zero attached hydrogens (tertiary/aromatic N) is 4. The van der Waals surface area contributed by atoms with Crippen LogP contribution in [0.1, 0.15) is 32.1 Å². The van der Waals surface area contributed by atoms with Gasteiger partial charge >= 0.3 is 0 Å². The van der Waals surface area contributed by atoms with Gasteiger partial charge in [-0.15, -0.1) is 11.3 Å². The number of hydrogen-bond acceptors (Lipinski definition) is 5. The predicted octanol–water partition coefficient (Wildman–Crippen LogP) is 2.92. The van der Waals surface area contributed by atoms with Crippen molar-refractivity contribution in [3.8, 4) is 0 Å². The predicted molar refractivity (Wildman–Crippen MR) is 95.2 cm³/mol. The van der Waals surface area contributed by atoms with Crippen molar-refractivity contribution in [3.05, 3.63) is 17.8 Å². The maximum Gasteiger partial charge on any atom is 0.245 e. The first-order valence-electron chi connectivity index (χ1n) is 9.05. The molecule has 2 saturated heterocycles. The number of carbonyl (C=O) groups is 1. The number of anilines is 1. The topological polar surface area (TPSA) is 49.3 Å². The Morgan fingerprint density at radius 3 is 2.79 bits per heavy atom. The zero-order chi connectivity index (χ0) is 16.1. The first kappa shape index (κ1) is 14.6. The normalized spacial score (nSPS) is 29.6. The average Bonchev–Trinajstić information content (AvgIpc) is 3.35. The largest absolute Gasteiger partial charge is 0.344 e. The van der Waals surface area contributed by atoms with Crippen LogP contribution in [0.3, 0.4) is 0 Å². The molecule has 0 bridgehead atoms. The smallest absolute Gasteiger partial charge is 0.245 e. The fourth-order valence-electron chi connectivity index (χ4n) is 4.91. The van der Waals surface area contributed by atoms with Crippen LogP contribution in [0.5, 0.6) is 0 Å². The second-order valence-electron chi connectivity index (χ2n) is 7.38. The van der Waals surface area contributed by atoms with Crippen LogP contribution in [-0.4, -0.2) is 46.5 Å². The molecule has 1 saturated carbocycles. The number of thiophene rings is 1. The number of aromatic nitrogens is 2. The highest BCUT2D eigenvalue weighted by Crippen LogP contribution is 2.39. The molecular weight excluding hydrogens is 320 g/mol. The van der Waals surface area contributed by atoms with E-state index in [9.17, 15) is 4.79 Å². The molecule has 0 N–H and O–H groups in total. The van der Waals surface area contributed by atoms with Gasteiger partial charge in [0.15, 0.2) is 0 Å². The Balaban J connectivity index is 1.41. The van der Waals surface area contributed by atoms with Crippen molar-refractivity contribution in [2.24, 2.45) is 11.8 Å². The van der Waals surface area contributed by atoms with Crippen molar-refractivity contribution in [3.63, 3.8) is 0 Å². The zero-order valence-corrected chi connectivity index (χ0v) is 14.5. The van der Waals surface area contributed by atoms with E-state index in [1.165, 1.54) is 19.3 Å². The fourth-order valence-corrected chi connectivity index (χ4v) is 5.64. The van der Waals surface area contributed by atoms with Gasteiger partial charge in [-0.2, -0.15) is 0 Å². The highest BCUT2D eigenvalue weighted by Gasteiger charge is 2.42. The lowest BCUT2D eigenvalue weighted by molar-refractivity contribution is -0.131. The summed E-state index contributed by atoms with van der Waals surface area (Å²) in [6.45, 7) is 2.87. The molecule has 1 aliphatic carbocycles. The summed E-state index contributed by atoms with van der Waals surface area (Å²) in [6, 6.07) is 2.04. The van der Waals surface area contributed by atoms with Gasteiger partial charge in [0.1, 0.15) is 23.0 Å². The molecule has 4 heterocycles. The van der Waals surface area contributed by atoms with E-state index in [4.69, 9.17) is 0 Å². The van der Waals surface area contributed by atoms with Crippen molar-refractivity contribution in [1.29, 1.82) is 0 Å². The molecule has 126 valence electrons. The van der Waals surface area contributed by atoms with Crippen LogP contribution in [0.2, 0.25) is 0 Å². The summed E-state index contributed by atoms with van der Waals surface area (Å²) >= 11 is 1.63. The molecule has 2 aromatic rings. The van der Waals surface area contributed by atoms with E-state index in [1.807, 2.05) is 0 Å². The third-order valence-electron chi connectivity index (χ3n) is 6.09. The van der Waals surface area contributed by atoms with Crippen LogP contribution < -0.4 is 4.90 Å². The second-order valence-corrected chi connectivity index (χ2v) is 8.28. The Bertz CT molecular complexity index is 763. The molecule has 5 rings (SSSR count). The molecule has 0 spiro atoms. The Labute approximate surface area is 145 Å². The van der Waals surface area contributed by atoms with Gasteiger partial charge < -0.3 is 9.80 Å². The molecule has 2 aromatic heterocycles. The van der Waals surface area contributed by atoms with Gasteiger partial charge in [0, 0.05) is 19.6 Å². The molecule has 0 radical (unpaired) electrons. The minimum Gasteiger partial charge on any atom is -0.344 e. The minimum atomic E-state index is -0.0400. The average molecular weight is 342 g/mol. The van der Waals surface area contributed by atoms with Crippen LogP contribution in [0, 0.1) is 11.8 Å². The van der Waals surface area contributed by atoms with Gasteiger partial charge in [-0.25, -0.2) is 9.97 Å². The highest BCUT2D eigenvalue weighted by atomic mass is 32.1. The van der Waals surface area contributed by atoms with E-state index in [0.29, 0.717) is 5.91 Å². The zero-order valence-electron chi connectivity index (χ0n) is 13.7. The molecule has 3 aliphatic rings. The van der Waals surface area contributed by atoms with Gasteiger partial charge in [-0.1, -0.05) is 6.42 Å². The van der Waals surface area contributed by atoms with E-state index in [0.717, 1.165) is 60.3 Å². The Hall–Kier alpha value is -1.69. The van der Waals surface area contributed by atoms with E-state index in [-0.39, 0.29) is 6.04 Å². The number of hydrogen-bond donors (Lipinski definition) is 0. The lowest BCUT2D eigenvalue weighted by Crippen LogP contribution is -2.45. The number of likely N-dealkylation sites (tertiary alicyclic amines) is 1. The molecule has 0 aromatic carbocycles. The van der Waals surface area contributed by atoms with Crippen molar-refractivity contribution < 1.29 is 4.79 Å². The SMILES string of the molecule is O=C(C1CCCN1c1ncnc2sccc12)N1CC2CCCC2C1. The number of amides is 1. The Morgan fingerprint density at radius 2 is 1.96 bits per heavy atom. The third-order valence-corrected chi connectivity index (χ3v) is 6.91. The molecule has 6 heteroatoms.